The highest BCUT2D eigenvalue weighted by Gasteiger charge is 2.34. The third-order valence-electron chi connectivity index (χ3n) is 3.02. The molecule has 0 aliphatic rings. The topological polar surface area (TPSA) is 44.0 Å². The van der Waals surface area contributed by atoms with Crippen LogP contribution in [0.4, 0.5) is 13.2 Å². The van der Waals surface area contributed by atoms with Gasteiger partial charge in [-0.05, 0) is 17.7 Å². The molecule has 1 aromatic carbocycles. The highest BCUT2D eigenvalue weighted by molar-refractivity contribution is 6.42. The van der Waals surface area contributed by atoms with Gasteiger partial charge in [-0.3, -0.25) is 13.9 Å². The van der Waals surface area contributed by atoms with Crippen molar-refractivity contribution in [3.8, 4) is 0 Å². The summed E-state index contributed by atoms with van der Waals surface area (Å²) < 4.78 is 39.3. The lowest BCUT2D eigenvalue weighted by Gasteiger charge is -2.14. The smallest absolute Gasteiger partial charge is 0.292 e. The van der Waals surface area contributed by atoms with E-state index in [4.69, 9.17) is 23.2 Å². The molecule has 4 nitrogen and oxygen atoms in total. The van der Waals surface area contributed by atoms with Gasteiger partial charge in [-0.25, -0.2) is 4.79 Å². The summed E-state index contributed by atoms with van der Waals surface area (Å²) in [6, 6.07) is 4.82. The number of halogens is 5. The molecule has 0 amide bonds. The molecule has 0 atom stereocenters. The molecule has 0 bridgehead atoms. The minimum absolute atomic E-state index is 0.208. The van der Waals surface area contributed by atoms with Gasteiger partial charge in [0.15, 0.2) is 0 Å². The third kappa shape index (κ3) is 3.20. The van der Waals surface area contributed by atoms with Gasteiger partial charge < -0.3 is 0 Å². The van der Waals surface area contributed by atoms with Gasteiger partial charge in [-0.15, -0.1) is 0 Å². The normalized spacial score (nSPS) is 11.7. The molecule has 1 heterocycles. The highest BCUT2D eigenvalue weighted by Crippen LogP contribution is 2.27. The van der Waals surface area contributed by atoms with Gasteiger partial charge in [-0.2, -0.15) is 13.2 Å². The van der Waals surface area contributed by atoms with Crippen LogP contribution < -0.4 is 11.2 Å². The zero-order chi connectivity index (χ0) is 16.7. The molecule has 2 rings (SSSR count). The van der Waals surface area contributed by atoms with Crippen LogP contribution in [0.25, 0.3) is 0 Å². The summed E-state index contributed by atoms with van der Waals surface area (Å²) in [6.45, 7) is -0.208. The maximum absolute atomic E-state index is 12.7. The molecule has 0 fully saturated rings. The lowest BCUT2D eigenvalue weighted by molar-refractivity contribution is -0.144. The van der Waals surface area contributed by atoms with E-state index in [1.54, 1.807) is 0 Å². The van der Waals surface area contributed by atoms with Crippen molar-refractivity contribution >= 4 is 23.2 Å². The van der Waals surface area contributed by atoms with Crippen LogP contribution in [0.15, 0.2) is 33.9 Å². The van der Waals surface area contributed by atoms with Crippen molar-refractivity contribution < 1.29 is 13.2 Å². The van der Waals surface area contributed by atoms with Crippen LogP contribution in [0, 0.1) is 0 Å². The Hall–Kier alpha value is -1.73. The monoisotopic (exact) mass is 352 g/mol. The molecule has 0 radical (unpaired) electrons. The number of nitrogens with zero attached hydrogens (tertiary/aromatic N) is 2. The fraction of sp³-hybridized carbons (Fsp3) is 0.231. The Balaban J connectivity index is 2.53. The van der Waals surface area contributed by atoms with E-state index in [0.29, 0.717) is 20.8 Å². The van der Waals surface area contributed by atoms with E-state index in [1.807, 2.05) is 0 Å². The first kappa shape index (κ1) is 16.6. The molecule has 0 saturated carbocycles. The van der Waals surface area contributed by atoms with Gasteiger partial charge in [0.05, 0.1) is 16.6 Å². The molecular formula is C13H9Cl2F3N2O2. The molecular weight excluding hydrogens is 344 g/mol. The second-order valence-electron chi connectivity index (χ2n) is 4.54. The number of aromatic nitrogens is 2. The minimum atomic E-state index is -4.78. The average Bonchev–Trinajstić information content (AvgIpc) is 2.41. The van der Waals surface area contributed by atoms with Crippen molar-refractivity contribution in [2.75, 3.05) is 0 Å². The molecule has 2 aromatic rings. The lowest BCUT2D eigenvalue weighted by Crippen LogP contribution is -2.41. The Kier molecular flexibility index (Phi) is 4.39. The summed E-state index contributed by atoms with van der Waals surface area (Å²) in [5.74, 6) is 0. The number of hydrogen-bond donors (Lipinski definition) is 0. The van der Waals surface area contributed by atoms with Gasteiger partial charge in [0.1, 0.15) is 5.69 Å². The summed E-state index contributed by atoms with van der Waals surface area (Å²) in [5.41, 5.74) is -2.94. The Morgan fingerprint density at radius 2 is 1.73 bits per heavy atom. The number of rotatable bonds is 2. The molecule has 0 spiro atoms. The maximum atomic E-state index is 12.7. The van der Waals surface area contributed by atoms with E-state index in [1.165, 1.54) is 18.2 Å². The molecule has 1 aromatic heterocycles. The quantitative estimate of drug-likeness (QED) is 0.833. The predicted octanol–water partition coefficient (Wildman–Crippen LogP) is 2.92. The standard InChI is InChI=1S/C13H9Cl2F3N2O2/c1-19-10(13(16,17)18)5-11(21)20(12(19)22)6-7-2-3-8(14)9(15)4-7/h2-5H,6H2,1H3. The first-order valence-electron chi connectivity index (χ1n) is 5.93. The molecule has 22 heavy (non-hydrogen) atoms. The summed E-state index contributed by atoms with van der Waals surface area (Å²) in [4.78, 5) is 23.8. The fourth-order valence-corrected chi connectivity index (χ4v) is 2.23. The van der Waals surface area contributed by atoms with Crippen molar-refractivity contribution in [1.29, 1.82) is 0 Å². The SMILES string of the molecule is Cn1c(C(F)(F)F)cc(=O)n(Cc2ccc(Cl)c(Cl)c2)c1=O. The Morgan fingerprint density at radius 3 is 2.27 bits per heavy atom. The second kappa shape index (κ2) is 5.81. The van der Waals surface area contributed by atoms with Crippen LogP contribution in [0.3, 0.4) is 0 Å². The Morgan fingerprint density at radius 1 is 1.09 bits per heavy atom. The van der Waals surface area contributed by atoms with Crippen molar-refractivity contribution in [1.82, 2.24) is 9.13 Å². The maximum Gasteiger partial charge on any atom is 0.431 e. The molecule has 0 aliphatic carbocycles. The Bertz CT molecular complexity index is 841. The zero-order valence-corrected chi connectivity index (χ0v) is 12.6. The van der Waals surface area contributed by atoms with Crippen LogP contribution in [-0.4, -0.2) is 9.13 Å². The fourth-order valence-electron chi connectivity index (χ4n) is 1.91. The molecule has 0 saturated heterocycles. The van der Waals surface area contributed by atoms with Crippen LogP contribution in [0.1, 0.15) is 11.3 Å². The molecule has 0 unspecified atom stereocenters. The van der Waals surface area contributed by atoms with E-state index in [0.717, 1.165) is 7.05 Å². The van der Waals surface area contributed by atoms with Gasteiger partial charge in [-0.1, -0.05) is 29.3 Å². The van der Waals surface area contributed by atoms with Crippen LogP contribution in [0.2, 0.25) is 10.0 Å². The van der Waals surface area contributed by atoms with Gasteiger partial charge in [0, 0.05) is 13.1 Å². The molecule has 9 heteroatoms. The summed E-state index contributed by atoms with van der Waals surface area (Å²) >= 11 is 11.6. The average molecular weight is 353 g/mol. The number of benzene rings is 1. The zero-order valence-electron chi connectivity index (χ0n) is 11.1. The summed E-state index contributed by atoms with van der Waals surface area (Å²) in [7, 11) is 0.954. The van der Waals surface area contributed by atoms with Crippen molar-refractivity contribution in [3.63, 3.8) is 0 Å². The van der Waals surface area contributed by atoms with Crippen LogP contribution >= 0.6 is 23.2 Å². The Labute approximate surface area is 132 Å². The van der Waals surface area contributed by atoms with Gasteiger partial charge in [0.2, 0.25) is 0 Å². The first-order chi connectivity index (χ1) is 10.1. The van der Waals surface area contributed by atoms with Crippen LogP contribution in [0.5, 0.6) is 0 Å². The number of hydrogen-bond acceptors (Lipinski definition) is 2. The van der Waals surface area contributed by atoms with Crippen molar-refractivity contribution in [3.05, 3.63) is 66.4 Å². The van der Waals surface area contributed by atoms with Crippen molar-refractivity contribution in [2.24, 2.45) is 7.05 Å². The predicted molar refractivity (Wildman–Crippen MR) is 76.5 cm³/mol. The first-order valence-corrected chi connectivity index (χ1v) is 6.69. The van der Waals surface area contributed by atoms with E-state index < -0.39 is 23.1 Å². The van der Waals surface area contributed by atoms with Crippen LogP contribution in [-0.2, 0) is 19.8 Å². The van der Waals surface area contributed by atoms with Gasteiger partial charge >= 0.3 is 11.9 Å². The summed E-state index contributed by atoms with van der Waals surface area (Å²) in [5, 5.41) is 0.508. The largest absolute Gasteiger partial charge is 0.431 e. The highest BCUT2D eigenvalue weighted by atomic mass is 35.5. The van der Waals surface area contributed by atoms with E-state index in [-0.39, 0.29) is 16.6 Å². The summed E-state index contributed by atoms with van der Waals surface area (Å²) in [6.07, 6.45) is -4.78. The lowest BCUT2D eigenvalue weighted by atomic mass is 10.2. The number of alkyl halides is 3. The molecule has 0 N–H and O–H groups in total. The molecule has 0 aliphatic heterocycles. The van der Waals surface area contributed by atoms with E-state index >= 15 is 0 Å². The van der Waals surface area contributed by atoms with E-state index in [9.17, 15) is 22.8 Å². The van der Waals surface area contributed by atoms with Crippen molar-refractivity contribution in [2.45, 2.75) is 12.7 Å². The van der Waals surface area contributed by atoms with Gasteiger partial charge in [0.25, 0.3) is 5.56 Å². The third-order valence-corrected chi connectivity index (χ3v) is 3.76. The minimum Gasteiger partial charge on any atom is -0.292 e. The second-order valence-corrected chi connectivity index (χ2v) is 5.36. The molecule has 118 valence electrons. The van der Waals surface area contributed by atoms with E-state index in [2.05, 4.69) is 0 Å².